The van der Waals surface area contributed by atoms with Gasteiger partial charge >= 0.3 is 11.9 Å². The third kappa shape index (κ3) is 11.4. The minimum absolute atomic E-state index is 0.0229. The van der Waals surface area contributed by atoms with Gasteiger partial charge in [-0.15, -0.1) is 0 Å². The number of aliphatic hydroxyl groups excluding tert-OH is 2. The van der Waals surface area contributed by atoms with E-state index in [-0.39, 0.29) is 24.7 Å². The summed E-state index contributed by atoms with van der Waals surface area (Å²) in [7, 11) is 0. The standard InChI is InChI=1S/C44H50O8/c1-5-7-9-11-37-25-35(17-23-41(37)33-13-19-39(20-14-33)49-29-51-43(47)31(3)27-45)36-18-24-42(38(26-36)12-10-8-6-2)34-15-21-40(22-16-34)50-30-52-44(48)32(4)28-46/h13-26,45-46H,3-12,27-30H2,1-2H3. The first-order valence-corrected chi connectivity index (χ1v) is 17.9. The summed E-state index contributed by atoms with van der Waals surface area (Å²) in [5.74, 6) is -0.243. The van der Waals surface area contributed by atoms with Crippen molar-refractivity contribution in [3.8, 4) is 44.9 Å². The van der Waals surface area contributed by atoms with Crippen LogP contribution in [-0.2, 0) is 31.9 Å². The monoisotopic (exact) mass is 706 g/mol. The Kier molecular flexibility index (Phi) is 15.7. The van der Waals surface area contributed by atoms with Crippen molar-refractivity contribution in [2.24, 2.45) is 0 Å². The number of hydrogen-bond donors (Lipinski definition) is 2. The predicted octanol–water partition coefficient (Wildman–Crippen LogP) is 9.01. The Morgan fingerprint density at radius 1 is 0.538 bits per heavy atom. The Morgan fingerprint density at radius 3 is 1.25 bits per heavy atom. The van der Waals surface area contributed by atoms with E-state index in [2.05, 4.69) is 63.4 Å². The van der Waals surface area contributed by atoms with Crippen molar-refractivity contribution in [3.63, 3.8) is 0 Å². The molecule has 0 spiro atoms. The third-order valence-electron chi connectivity index (χ3n) is 8.76. The first-order valence-electron chi connectivity index (χ1n) is 17.9. The molecular weight excluding hydrogens is 656 g/mol. The molecule has 0 fully saturated rings. The van der Waals surface area contributed by atoms with E-state index in [1.807, 2.05) is 48.5 Å². The normalized spacial score (nSPS) is 10.8. The zero-order valence-electron chi connectivity index (χ0n) is 30.3. The number of esters is 2. The summed E-state index contributed by atoms with van der Waals surface area (Å²) in [4.78, 5) is 23.5. The Morgan fingerprint density at radius 2 is 0.904 bits per heavy atom. The van der Waals surface area contributed by atoms with E-state index in [9.17, 15) is 9.59 Å². The van der Waals surface area contributed by atoms with Crippen LogP contribution in [0, 0.1) is 0 Å². The van der Waals surface area contributed by atoms with E-state index < -0.39 is 25.2 Å². The average Bonchev–Trinajstić information content (AvgIpc) is 3.18. The fourth-order valence-electron chi connectivity index (χ4n) is 5.75. The van der Waals surface area contributed by atoms with Crippen LogP contribution in [0.25, 0.3) is 33.4 Å². The smallest absolute Gasteiger partial charge is 0.338 e. The topological polar surface area (TPSA) is 112 Å². The van der Waals surface area contributed by atoms with Crippen molar-refractivity contribution in [1.82, 2.24) is 0 Å². The van der Waals surface area contributed by atoms with E-state index in [1.54, 1.807) is 0 Å². The summed E-state index contributed by atoms with van der Waals surface area (Å²) in [6.07, 6.45) is 8.71. The largest absolute Gasteiger partial charge is 0.457 e. The van der Waals surface area contributed by atoms with E-state index in [1.165, 1.54) is 33.4 Å². The van der Waals surface area contributed by atoms with Crippen LogP contribution in [0.4, 0.5) is 0 Å². The molecule has 52 heavy (non-hydrogen) atoms. The zero-order chi connectivity index (χ0) is 37.3. The molecule has 4 rings (SSSR count). The third-order valence-corrected chi connectivity index (χ3v) is 8.76. The van der Waals surface area contributed by atoms with Crippen molar-refractivity contribution in [2.75, 3.05) is 26.8 Å². The van der Waals surface area contributed by atoms with Crippen LogP contribution in [0.2, 0.25) is 0 Å². The number of aliphatic hydroxyl groups is 2. The molecule has 0 radical (unpaired) electrons. The van der Waals surface area contributed by atoms with Gasteiger partial charge in [0.25, 0.3) is 0 Å². The molecule has 4 aromatic rings. The molecule has 0 aliphatic heterocycles. The maximum Gasteiger partial charge on any atom is 0.338 e. The Balaban J connectivity index is 1.55. The van der Waals surface area contributed by atoms with Gasteiger partial charge in [0.2, 0.25) is 13.6 Å². The summed E-state index contributed by atoms with van der Waals surface area (Å²) in [5.41, 5.74) is 9.37. The second-order valence-electron chi connectivity index (χ2n) is 12.6. The number of ether oxygens (including phenoxy) is 4. The van der Waals surface area contributed by atoms with Crippen LogP contribution in [0.1, 0.15) is 63.5 Å². The van der Waals surface area contributed by atoms with Gasteiger partial charge in [0.05, 0.1) is 24.4 Å². The Labute approximate surface area is 307 Å². The second-order valence-corrected chi connectivity index (χ2v) is 12.6. The maximum absolute atomic E-state index is 11.7. The molecule has 0 unspecified atom stereocenters. The second kappa shape index (κ2) is 20.6. The lowest BCUT2D eigenvalue weighted by atomic mass is 9.89. The molecular formula is C44H50O8. The summed E-state index contributed by atoms with van der Waals surface area (Å²) in [6, 6.07) is 28.9. The molecule has 0 saturated heterocycles. The number of unbranched alkanes of at least 4 members (excludes halogenated alkanes) is 4. The quantitative estimate of drug-likeness (QED) is 0.0382. The highest BCUT2D eigenvalue weighted by molar-refractivity contribution is 5.88. The van der Waals surface area contributed by atoms with Crippen LogP contribution in [0.15, 0.2) is 109 Å². The fraction of sp³-hybridized carbons (Fsp3) is 0.318. The van der Waals surface area contributed by atoms with Crippen LogP contribution >= 0.6 is 0 Å². The summed E-state index contributed by atoms with van der Waals surface area (Å²) < 4.78 is 21.2. The van der Waals surface area contributed by atoms with Gasteiger partial charge in [-0.25, -0.2) is 9.59 Å². The highest BCUT2D eigenvalue weighted by Crippen LogP contribution is 2.35. The van der Waals surface area contributed by atoms with Crippen molar-refractivity contribution in [2.45, 2.75) is 65.2 Å². The molecule has 0 amide bonds. The fourth-order valence-corrected chi connectivity index (χ4v) is 5.75. The molecule has 4 aromatic carbocycles. The molecule has 0 saturated carbocycles. The maximum atomic E-state index is 11.7. The van der Waals surface area contributed by atoms with Gasteiger partial charge in [-0.3, -0.25) is 0 Å². The molecule has 0 heterocycles. The van der Waals surface area contributed by atoms with Gasteiger partial charge < -0.3 is 29.2 Å². The number of hydrogen-bond acceptors (Lipinski definition) is 8. The average molecular weight is 707 g/mol. The highest BCUT2D eigenvalue weighted by Gasteiger charge is 2.13. The van der Waals surface area contributed by atoms with E-state index in [0.717, 1.165) is 62.5 Å². The molecule has 8 nitrogen and oxygen atoms in total. The van der Waals surface area contributed by atoms with Crippen molar-refractivity contribution >= 4 is 11.9 Å². The van der Waals surface area contributed by atoms with E-state index in [0.29, 0.717) is 11.5 Å². The lowest BCUT2D eigenvalue weighted by Gasteiger charge is -2.16. The first-order chi connectivity index (χ1) is 25.3. The van der Waals surface area contributed by atoms with Crippen LogP contribution in [-0.4, -0.2) is 49.0 Å². The summed E-state index contributed by atoms with van der Waals surface area (Å²) in [5, 5.41) is 18.1. The van der Waals surface area contributed by atoms with Crippen molar-refractivity contribution < 1.29 is 38.7 Å². The van der Waals surface area contributed by atoms with Gasteiger partial charge in [-0.1, -0.05) is 113 Å². The Bertz CT molecular complexity index is 1660. The summed E-state index contributed by atoms with van der Waals surface area (Å²) >= 11 is 0. The number of aryl methyl sites for hydroxylation is 2. The number of carbonyl (C=O) groups is 2. The first kappa shape index (κ1) is 39.6. The van der Waals surface area contributed by atoms with Crippen LogP contribution in [0.3, 0.4) is 0 Å². The number of rotatable bonds is 21. The van der Waals surface area contributed by atoms with Gasteiger partial charge in [0.1, 0.15) is 11.5 Å². The molecule has 2 N–H and O–H groups in total. The van der Waals surface area contributed by atoms with Gasteiger partial charge in [-0.05, 0) is 94.5 Å². The SMILES string of the molecule is C=C(CO)C(=O)OCOc1ccc(-c2ccc(-c3ccc(-c4ccc(OCOC(=O)C(=C)CO)cc4)c(CCCCC)c3)cc2CCCCC)cc1. The lowest BCUT2D eigenvalue weighted by Crippen LogP contribution is -2.13. The Hall–Kier alpha value is -5.18. The number of benzene rings is 4. The highest BCUT2D eigenvalue weighted by atomic mass is 16.7. The van der Waals surface area contributed by atoms with Crippen molar-refractivity contribution in [3.05, 3.63) is 120 Å². The zero-order valence-corrected chi connectivity index (χ0v) is 30.3. The molecule has 0 aliphatic carbocycles. The summed E-state index contributed by atoms with van der Waals surface area (Å²) in [6.45, 7) is 9.88. The van der Waals surface area contributed by atoms with E-state index >= 15 is 0 Å². The molecule has 0 atom stereocenters. The molecule has 0 aromatic heterocycles. The minimum atomic E-state index is -0.691. The van der Waals surface area contributed by atoms with Crippen LogP contribution in [0.5, 0.6) is 11.5 Å². The lowest BCUT2D eigenvalue weighted by molar-refractivity contribution is -0.146. The van der Waals surface area contributed by atoms with E-state index in [4.69, 9.17) is 29.2 Å². The van der Waals surface area contributed by atoms with Crippen molar-refractivity contribution in [1.29, 1.82) is 0 Å². The number of carbonyl (C=O) groups excluding carboxylic acids is 2. The molecule has 8 heteroatoms. The van der Waals surface area contributed by atoms with Crippen LogP contribution < -0.4 is 9.47 Å². The van der Waals surface area contributed by atoms with Gasteiger partial charge in [-0.2, -0.15) is 0 Å². The predicted molar refractivity (Wildman–Crippen MR) is 205 cm³/mol. The minimum Gasteiger partial charge on any atom is -0.457 e. The van der Waals surface area contributed by atoms with Gasteiger partial charge in [0.15, 0.2) is 0 Å². The molecule has 0 bridgehead atoms. The molecule has 0 aliphatic rings. The van der Waals surface area contributed by atoms with Gasteiger partial charge in [0, 0.05) is 0 Å². The molecule has 274 valence electrons.